The van der Waals surface area contributed by atoms with Crippen molar-refractivity contribution < 1.29 is 141 Å². The van der Waals surface area contributed by atoms with Crippen molar-refractivity contribution in [1.29, 1.82) is 0 Å². The minimum Gasteiger partial charge on any atom is -0.394 e. The van der Waals surface area contributed by atoms with Gasteiger partial charge in [0.05, 0.1) is 104 Å². The smallest absolute Gasteiger partial charge is 0.237 e. The molecule has 40 heteroatoms. The van der Waals surface area contributed by atoms with Crippen molar-refractivity contribution in [2.24, 2.45) is 5.92 Å². The lowest BCUT2D eigenvalue weighted by molar-refractivity contribution is -0.272. The Morgan fingerprint density at radius 1 is 0.385 bits per heavy atom. The molecule has 3 aliphatic heterocycles. The number of amides is 10. The lowest BCUT2D eigenvalue weighted by atomic mass is 9.86. The first-order valence-corrected chi connectivity index (χ1v) is 41.5. The van der Waals surface area contributed by atoms with Crippen LogP contribution in [-0.4, -0.2) is 358 Å². The number of hydrogen-bond donors (Lipinski definition) is 19. The van der Waals surface area contributed by atoms with Gasteiger partial charge >= 0.3 is 0 Å². The molecule has 676 valence electrons. The van der Waals surface area contributed by atoms with Crippen molar-refractivity contribution in [3.63, 3.8) is 0 Å². The van der Waals surface area contributed by atoms with Gasteiger partial charge in [-0.25, -0.2) is 0 Å². The molecule has 0 bridgehead atoms. The van der Waals surface area contributed by atoms with Crippen LogP contribution in [0, 0.1) is 5.92 Å². The van der Waals surface area contributed by atoms with E-state index in [0.717, 1.165) is 12.8 Å². The molecule has 0 radical (unpaired) electrons. The summed E-state index contributed by atoms with van der Waals surface area (Å²) in [5.41, 5.74) is -0.295. The molecule has 0 aromatic rings. The van der Waals surface area contributed by atoms with Gasteiger partial charge in [0.15, 0.2) is 18.9 Å². The quantitative estimate of drug-likeness (QED) is 0.0255. The van der Waals surface area contributed by atoms with Crippen molar-refractivity contribution >= 4 is 59.1 Å². The molecule has 10 amide bonds. The fraction of sp³-hybridized carbons (Fsp3) is 0.870. The van der Waals surface area contributed by atoms with E-state index in [1.54, 1.807) is 0 Å². The summed E-state index contributed by atoms with van der Waals surface area (Å²) in [5.74, 6) is -3.57. The molecule has 40 nitrogen and oxygen atoms in total. The van der Waals surface area contributed by atoms with Gasteiger partial charge in [-0.05, 0) is 117 Å². The summed E-state index contributed by atoms with van der Waals surface area (Å²) in [7, 11) is 0. The highest BCUT2D eigenvalue weighted by molar-refractivity contribution is 5.86. The Kier molecular flexibility index (Phi) is 51.9. The van der Waals surface area contributed by atoms with Crippen LogP contribution in [-0.2, 0) is 95.3 Å². The first-order chi connectivity index (χ1) is 56.0. The molecule has 0 aromatic carbocycles. The monoisotopic (exact) mass is 1680 g/mol. The average molecular weight is 1680 g/mol. The molecule has 1 saturated carbocycles. The molecule has 0 spiro atoms. The fourth-order valence-corrected chi connectivity index (χ4v) is 13.7. The number of carbonyl (C=O) groups excluding carboxylic acids is 10. The van der Waals surface area contributed by atoms with Crippen LogP contribution in [0.4, 0.5) is 0 Å². The van der Waals surface area contributed by atoms with Crippen molar-refractivity contribution in [2.45, 2.75) is 286 Å². The highest BCUT2D eigenvalue weighted by atomic mass is 16.7. The van der Waals surface area contributed by atoms with Crippen LogP contribution in [0.1, 0.15) is 176 Å². The van der Waals surface area contributed by atoms with Crippen LogP contribution in [0.5, 0.6) is 0 Å². The van der Waals surface area contributed by atoms with Crippen molar-refractivity contribution in [3.05, 3.63) is 0 Å². The summed E-state index contributed by atoms with van der Waals surface area (Å²) in [6.45, 7) is 9.93. The molecule has 117 heavy (non-hydrogen) atoms. The summed E-state index contributed by atoms with van der Waals surface area (Å²) in [6, 6.07) is -4.25. The molecular formula is C77H139N11O29. The first kappa shape index (κ1) is 103. The number of hydrogen-bond acceptors (Lipinski definition) is 30. The summed E-state index contributed by atoms with van der Waals surface area (Å²) in [6.07, 6.45) is -4.80. The number of rotatable bonds is 60. The average Bonchev–Trinajstić information content (AvgIpc) is 0.817. The predicted molar refractivity (Wildman–Crippen MR) is 418 cm³/mol. The molecule has 4 aliphatic rings. The highest BCUT2D eigenvalue weighted by Crippen LogP contribution is 2.30. The standard InChI is InChI=1S/C77H139N11O29/c1-49(92)85-63-69(103)66(100)55(46-89)114-74(63)111-41-38-108-35-19-18-30-78-58(95)21-10-7-14-28-79-61(98)44-88(45-62(99)80-29-15-8-11-22-59(96)81-33-36-109-39-42-112-75-64(86-50(2)93)70(104)67(101)56(47-90)115-75)54(20-13-17-32-83-72(106)52-24-26-53(27-25-52)117-77(4,5)6)73(107)84-31-16-9-12-23-60(97)82-34-37-110-40-43-113-76-65(87-51(3)94)71(105)68(102)57(48-91)116-76/h52-57,63-71,74-76,89-91,100-105H,7-48H2,1-6H3,(H,78,95)(H,79,98)(H,80,99)(H,81,96)(H,82,97)(H,83,106)(H,84,107)(H,85,92)(H,86,93)(H,87,94). The highest BCUT2D eigenvalue weighted by Gasteiger charge is 2.48. The van der Waals surface area contributed by atoms with Crippen LogP contribution in [0.3, 0.4) is 0 Å². The Bertz CT molecular complexity index is 2870. The van der Waals surface area contributed by atoms with E-state index in [1.165, 1.54) is 25.7 Å². The van der Waals surface area contributed by atoms with Crippen LogP contribution in [0.25, 0.3) is 0 Å². The second-order valence-corrected chi connectivity index (χ2v) is 30.8. The topological polar surface area (TPSA) is 569 Å². The lowest BCUT2D eigenvalue weighted by Gasteiger charge is -2.42. The Morgan fingerprint density at radius 3 is 1.10 bits per heavy atom. The number of nitrogens with one attached hydrogen (secondary N) is 10. The molecule has 3 saturated heterocycles. The zero-order valence-electron chi connectivity index (χ0n) is 69.2. The van der Waals surface area contributed by atoms with Gasteiger partial charge in [0, 0.05) is 98.4 Å². The van der Waals surface area contributed by atoms with E-state index in [0.29, 0.717) is 116 Å². The van der Waals surface area contributed by atoms with Crippen LogP contribution in [0.15, 0.2) is 0 Å². The van der Waals surface area contributed by atoms with E-state index in [9.17, 15) is 93.9 Å². The van der Waals surface area contributed by atoms with E-state index in [4.69, 9.17) is 47.4 Å². The number of unbranched alkanes of at least 4 members (excludes halogenated alkanes) is 8. The van der Waals surface area contributed by atoms with Crippen LogP contribution < -0.4 is 53.2 Å². The minimum absolute atomic E-state index is 0.0285. The van der Waals surface area contributed by atoms with Crippen LogP contribution in [0.2, 0.25) is 0 Å². The first-order valence-electron chi connectivity index (χ1n) is 41.5. The van der Waals surface area contributed by atoms with E-state index in [2.05, 4.69) is 53.2 Å². The molecule has 16 unspecified atom stereocenters. The molecular weight excluding hydrogens is 1540 g/mol. The zero-order chi connectivity index (χ0) is 86.1. The maximum Gasteiger partial charge on any atom is 0.237 e. The molecule has 1 aliphatic carbocycles. The Labute approximate surface area is 686 Å². The van der Waals surface area contributed by atoms with Gasteiger partial charge in [-0.15, -0.1) is 0 Å². The maximum atomic E-state index is 14.5. The third-order valence-corrected chi connectivity index (χ3v) is 19.8. The van der Waals surface area contributed by atoms with E-state index >= 15 is 0 Å². The van der Waals surface area contributed by atoms with Crippen molar-refractivity contribution in [2.75, 3.05) is 138 Å². The van der Waals surface area contributed by atoms with Gasteiger partial charge in [0.25, 0.3) is 0 Å². The molecule has 3 heterocycles. The minimum atomic E-state index is -1.47. The molecule has 19 N–H and O–H groups in total. The third kappa shape index (κ3) is 42.3. The van der Waals surface area contributed by atoms with Gasteiger partial charge in [-0.3, -0.25) is 52.8 Å². The molecule has 16 atom stereocenters. The number of aliphatic hydroxyl groups excluding tert-OH is 9. The zero-order valence-corrected chi connectivity index (χ0v) is 69.2. The van der Waals surface area contributed by atoms with E-state index < -0.39 is 153 Å². The summed E-state index contributed by atoms with van der Waals surface area (Å²) < 4.78 is 56.6. The Balaban J connectivity index is 1.28. The van der Waals surface area contributed by atoms with Gasteiger partial charge in [-0.1, -0.05) is 19.3 Å². The van der Waals surface area contributed by atoms with Crippen molar-refractivity contribution in [3.8, 4) is 0 Å². The van der Waals surface area contributed by atoms with Crippen molar-refractivity contribution in [1.82, 2.24) is 58.1 Å². The van der Waals surface area contributed by atoms with Crippen LogP contribution >= 0.6 is 0 Å². The largest absolute Gasteiger partial charge is 0.394 e. The van der Waals surface area contributed by atoms with E-state index in [-0.39, 0.29) is 166 Å². The number of ether oxygens (including phenoxy) is 10. The van der Waals surface area contributed by atoms with Gasteiger partial charge in [0.2, 0.25) is 59.1 Å². The summed E-state index contributed by atoms with van der Waals surface area (Å²) in [5, 5.41) is 119. The molecule has 4 fully saturated rings. The summed E-state index contributed by atoms with van der Waals surface area (Å²) >= 11 is 0. The molecule has 4 rings (SSSR count). The number of aliphatic hydroxyl groups is 9. The van der Waals surface area contributed by atoms with Gasteiger partial charge in [0.1, 0.15) is 73.1 Å². The predicted octanol–water partition coefficient (Wildman–Crippen LogP) is -4.59. The maximum absolute atomic E-state index is 14.5. The summed E-state index contributed by atoms with van der Waals surface area (Å²) in [4.78, 5) is 131. The number of nitrogens with zero attached hydrogens (tertiary/aromatic N) is 1. The molecule has 0 aromatic heterocycles. The Morgan fingerprint density at radius 2 is 0.726 bits per heavy atom. The third-order valence-electron chi connectivity index (χ3n) is 19.8. The SMILES string of the molecule is CC(=O)NC1C(OCCOCCCCNC(=O)CCCCCNC(=O)CN(CC(=O)NCCCCCC(=O)NCCOCCOC2OC(CO)C(O)C(O)C2NC(C)=O)C(CCCCNC(=O)C2CCC(OC(C)(C)C)CC2)C(=O)NCCCCCC(=O)NCCOCCOC2OC(CO)C(O)C(O)C2NC(C)=O)OC(CO)C(O)C1O. The Hall–Kier alpha value is -6.10. The van der Waals surface area contributed by atoms with Gasteiger partial charge in [-0.2, -0.15) is 0 Å². The normalized spacial score (nSPS) is 25.6. The van der Waals surface area contributed by atoms with Gasteiger partial charge < -0.3 is 146 Å². The van der Waals surface area contributed by atoms with E-state index in [1.807, 2.05) is 20.8 Å². The second kappa shape index (κ2) is 58.8. The number of carbonyl (C=O) groups is 10. The lowest BCUT2D eigenvalue weighted by Crippen LogP contribution is -2.64. The fourth-order valence-electron chi connectivity index (χ4n) is 13.7. The second-order valence-electron chi connectivity index (χ2n) is 30.8.